The molecule has 1 N–H and O–H groups in total. The lowest BCUT2D eigenvalue weighted by Crippen LogP contribution is -2.35. The molecule has 1 fully saturated rings. The summed E-state index contributed by atoms with van der Waals surface area (Å²) in [5.74, 6) is 0.967. The van der Waals surface area contributed by atoms with E-state index in [0.717, 1.165) is 38.4 Å². The predicted molar refractivity (Wildman–Crippen MR) is 73.8 cm³/mol. The minimum Gasteiger partial charge on any atom is -0.356 e. The standard InChI is InChI=1S/C13H23N5O2/c1-2-17-11-15-16-12(17)5-7-14-13(19)6-9-18-8-3-4-10-20-18/h11H,2-10H2,1H3,(H,14,19). The van der Waals surface area contributed by atoms with E-state index < -0.39 is 0 Å². The van der Waals surface area contributed by atoms with Gasteiger partial charge in [0.15, 0.2) is 0 Å². The molecule has 7 heteroatoms. The van der Waals surface area contributed by atoms with Crippen molar-refractivity contribution in [3.05, 3.63) is 12.2 Å². The van der Waals surface area contributed by atoms with Crippen molar-refractivity contribution in [2.24, 2.45) is 0 Å². The first kappa shape index (κ1) is 14.9. The van der Waals surface area contributed by atoms with Crippen LogP contribution in [0.2, 0.25) is 0 Å². The van der Waals surface area contributed by atoms with Crippen molar-refractivity contribution in [1.29, 1.82) is 0 Å². The fraction of sp³-hybridized carbons (Fsp3) is 0.769. The lowest BCUT2D eigenvalue weighted by molar-refractivity contribution is -0.181. The number of carbonyl (C=O) groups is 1. The number of nitrogens with zero attached hydrogens (tertiary/aromatic N) is 4. The molecule has 0 aromatic carbocycles. The topological polar surface area (TPSA) is 72.3 Å². The Morgan fingerprint density at radius 3 is 3.15 bits per heavy atom. The van der Waals surface area contributed by atoms with Gasteiger partial charge in [0.1, 0.15) is 12.2 Å². The lowest BCUT2D eigenvalue weighted by Gasteiger charge is -2.25. The molecule has 0 bridgehead atoms. The normalized spacial score (nSPS) is 16.2. The summed E-state index contributed by atoms with van der Waals surface area (Å²) in [7, 11) is 0. The molecule has 1 aromatic heterocycles. The molecule has 2 rings (SSSR count). The summed E-state index contributed by atoms with van der Waals surface area (Å²) in [6, 6.07) is 0. The molecule has 1 aromatic rings. The molecule has 0 spiro atoms. The largest absolute Gasteiger partial charge is 0.356 e. The highest BCUT2D eigenvalue weighted by atomic mass is 16.7. The average molecular weight is 281 g/mol. The van der Waals surface area contributed by atoms with Gasteiger partial charge in [0.2, 0.25) is 5.91 Å². The average Bonchev–Trinajstić information content (AvgIpc) is 2.94. The van der Waals surface area contributed by atoms with Gasteiger partial charge in [-0.25, -0.2) is 0 Å². The van der Waals surface area contributed by atoms with Crippen molar-refractivity contribution in [3.63, 3.8) is 0 Å². The fourth-order valence-corrected chi connectivity index (χ4v) is 2.19. The van der Waals surface area contributed by atoms with Crippen LogP contribution in [0.15, 0.2) is 6.33 Å². The van der Waals surface area contributed by atoms with Crippen LogP contribution in [0.1, 0.15) is 32.0 Å². The van der Waals surface area contributed by atoms with Gasteiger partial charge in [-0.3, -0.25) is 9.63 Å². The maximum absolute atomic E-state index is 11.7. The van der Waals surface area contributed by atoms with Gasteiger partial charge in [0.25, 0.3) is 0 Å². The second-order valence-corrected chi connectivity index (χ2v) is 4.85. The van der Waals surface area contributed by atoms with E-state index in [2.05, 4.69) is 15.5 Å². The number of hydrogen-bond acceptors (Lipinski definition) is 5. The second kappa shape index (κ2) is 7.96. The molecule has 1 aliphatic rings. The Morgan fingerprint density at radius 1 is 1.50 bits per heavy atom. The quantitative estimate of drug-likeness (QED) is 0.782. The van der Waals surface area contributed by atoms with Crippen LogP contribution in [0.5, 0.6) is 0 Å². The summed E-state index contributed by atoms with van der Waals surface area (Å²) in [5, 5.41) is 12.7. The van der Waals surface area contributed by atoms with Crippen LogP contribution < -0.4 is 5.32 Å². The Balaban J connectivity index is 1.60. The Bertz CT molecular complexity index is 415. The van der Waals surface area contributed by atoms with Crippen LogP contribution in [0.4, 0.5) is 0 Å². The number of rotatable bonds is 7. The molecule has 1 aliphatic heterocycles. The monoisotopic (exact) mass is 281 g/mol. The Kier molecular flexibility index (Phi) is 5.94. The van der Waals surface area contributed by atoms with Crippen LogP contribution in [-0.4, -0.2) is 52.0 Å². The molecule has 2 heterocycles. The van der Waals surface area contributed by atoms with Gasteiger partial charge in [0.05, 0.1) is 6.61 Å². The van der Waals surface area contributed by atoms with E-state index in [1.54, 1.807) is 6.33 Å². The third kappa shape index (κ3) is 4.57. The number of aryl methyl sites for hydroxylation is 1. The van der Waals surface area contributed by atoms with Gasteiger partial charge >= 0.3 is 0 Å². The van der Waals surface area contributed by atoms with Crippen molar-refractivity contribution < 1.29 is 9.63 Å². The zero-order chi connectivity index (χ0) is 14.2. The summed E-state index contributed by atoms with van der Waals surface area (Å²) in [6.45, 7) is 5.85. The molecule has 1 saturated heterocycles. The summed E-state index contributed by atoms with van der Waals surface area (Å²) >= 11 is 0. The number of hydrogen-bond donors (Lipinski definition) is 1. The zero-order valence-corrected chi connectivity index (χ0v) is 12.0. The first-order valence-electron chi connectivity index (χ1n) is 7.31. The molecule has 0 saturated carbocycles. The van der Waals surface area contributed by atoms with E-state index in [-0.39, 0.29) is 5.91 Å². The minimum atomic E-state index is 0.0572. The highest BCUT2D eigenvalue weighted by Gasteiger charge is 2.12. The van der Waals surface area contributed by atoms with E-state index >= 15 is 0 Å². The van der Waals surface area contributed by atoms with Crippen molar-refractivity contribution in [1.82, 2.24) is 25.1 Å². The summed E-state index contributed by atoms with van der Waals surface area (Å²) in [6.07, 6.45) is 5.15. The number of amides is 1. The number of nitrogens with one attached hydrogen (secondary N) is 1. The molecule has 112 valence electrons. The Labute approximate surface area is 119 Å². The summed E-state index contributed by atoms with van der Waals surface area (Å²) in [4.78, 5) is 17.2. The van der Waals surface area contributed by atoms with E-state index in [1.165, 1.54) is 0 Å². The maximum atomic E-state index is 11.7. The molecular weight excluding hydrogens is 258 g/mol. The first-order chi connectivity index (χ1) is 9.79. The van der Waals surface area contributed by atoms with Crippen molar-refractivity contribution >= 4 is 5.91 Å². The number of carbonyl (C=O) groups excluding carboxylic acids is 1. The van der Waals surface area contributed by atoms with Gasteiger partial charge in [0, 0.05) is 39.0 Å². The van der Waals surface area contributed by atoms with Gasteiger partial charge in [-0.15, -0.1) is 10.2 Å². The van der Waals surface area contributed by atoms with Gasteiger partial charge < -0.3 is 9.88 Å². The number of aromatic nitrogens is 3. The van der Waals surface area contributed by atoms with Crippen LogP contribution >= 0.6 is 0 Å². The highest BCUT2D eigenvalue weighted by molar-refractivity contribution is 5.76. The third-order valence-electron chi connectivity index (χ3n) is 3.37. The molecule has 7 nitrogen and oxygen atoms in total. The van der Waals surface area contributed by atoms with Gasteiger partial charge in [-0.1, -0.05) is 0 Å². The van der Waals surface area contributed by atoms with E-state index in [0.29, 0.717) is 25.9 Å². The van der Waals surface area contributed by atoms with Crippen molar-refractivity contribution in [2.75, 3.05) is 26.2 Å². The van der Waals surface area contributed by atoms with E-state index in [4.69, 9.17) is 4.84 Å². The fourth-order valence-electron chi connectivity index (χ4n) is 2.19. The zero-order valence-electron chi connectivity index (χ0n) is 12.0. The van der Waals surface area contributed by atoms with Crippen molar-refractivity contribution in [3.8, 4) is 0 Å². The van der Waals surface area contributed by atoms with Crippen molar-refractivity contribution in [2.45, 2.75) is 39.2 Å². The molecule has 0 atom stereocenters. The molecule has 0 unspecified atom stereocenters. The van der Waals surface area contributed by atoms with Crippen LogP contribution in [0.25, 0.3) is 0 Å². The smallest absolute Gasteiger partial charge is 0.221 e. The summed E-state index contributed by atoms with van der Waals surface area (Å²) < 4.78 is 1.98. The van der Waals surface area contributed by atoms with Gasteiger partial charge in [-0.05, 0) is 19.8 Å². The molecule has 1 amide bonds. The SMILES string of the molecule is CCn1cnnc1CCNC(=O)CCN1CCCCO1. The van der Waals surface area contributed by atoms with Crippen LogP contribution in [0.3, 0.4) is 0 Å². The van der Waals surface area contributed by atoms with Crippen LogP contribution in [0, 0.1) is 0 Å². The third-order valence-corrected chi connectivity index (χ3v) is 3.37. The molecule has 20 heavy (non-hydrogen) atoms. The Hall–Kier alpha value is -1.47. The first-order valence-corrected chi connectivity index (χ1v) is 7.31. The van der Waals surface area contributed by atoms with Crippen LogP contribution in [-0.2, 0) is 22.6 Å². The Morgan fingerprint density at radius 2 is 2.40 bits per heavy atom. The molecular formula is C13H23N5O2. The number of hydroxylamine groups is 2. The molecule has 0 aliphatic carbocycles. The second-order valence-electron chi connectivity index (χ2n) is 4.85. The minimum absolute atomic E-state index is 0.0572. The highest BCUT2D eigenvalue weighted by Crippen LogP contribution is 2.05. The lowest BCUT2D eigenvalue weighted by atomic mass is 10.3. The van der Waals surface area contributed by atoms with Gasteiger partial charge in [-0.2, -0.15) is 5.06 Å². The molecule has 0 radical (unpaired) electrons. The maximum Gasteiger partial charge on any atom is 0.221 e. The van der Waals surface area contributed by atoms with E-state index in [9.17, 15) is 4.79 Å². The van der Waals surface area contributed by atoms with E-state index in [1.807, 2.05) is 16.6 Å². The predicted octanol–water partition coefficient (Wildman–Crippen LogP) is 0.374. The summed E-state index contributed by atoms with van der Waals surface area (Å²) in [5.41, 5.74) is 0.